The SMILES string of the molecule is COCCONC(=O)CCc1nc(C)no1. The van der Waals surface area contributed by atoms with Crippen molar-refractivity contribution < 1.29 is 18.9 Å². The molecule has 0 saturated carbocycles. The number of amides is 1. The van der Waals surface area contributed by atoms with Crippen LogP contribution in [0.3, 0.4) is 0 Å². The number of hydroxylamine groups is 1. The quantitative estimate of drug-likeness (QED) is 0.523. The van der Waals surface area contributed by atoms with Gasteiger partial charge in [0.2, 0.25) is 11.8 Å². The zero-order chi connectivity index (χ0) is 11.8. The van der Waals surface area contributed by atoms with Gasteiger partial charge in [0.25, 0.3) is 0 Å². The van der Waals surface area contributed by atoms with E-state index in [9.17, 15) is 4.79 Å². The van der Waals surface area contributed by atoms with E-state index in [1.165, 1.54) is 0 Å². The summed E-state index contributed by atoms with van der Waals surface area (Å²) >= 11 is 0. The van der Waals surface area contributed by atoms with Gasteiger partial charge in [-0.25, -0.2) is 5.48 Å². The largest absolute Gasteiger partial charge is 0.382 e. The molecule has 0 aliphatic heterocycles. The van der Waals surface area contributed by atoms with Gasteiger partial charge in [0.05, 0.1) is 13.2 Å². The summed E-state index contributed by atoms with van der Waals surface area (Å²) in [6, 6.07) is 0. The molecule has 0 fully saturated rings. The molecule has 0 unspecified atom stereocenters. The molecule has 1 heterocycles. The van der Waals surface area contributed by atoms with Crippen molar-refractivity contribution in [3.8, 4) is 0 Å². The molecule has 16 heavy (non-hydrogen) atoms. The monoisotopic (exact) mass is 229 g/mol. The average molecular weight is 229 g/mol. The van der Waals surface area contributed by atoms with Gasteiger partial charge in [-0.2, -0.15) is 4.98 Å². The van der Waals surface area contributed by atoms with Crippen molar-refractivity contribution in [2.45, 2.75) is 19.8 Å². The second kappa shape index (κ2) is 6.91. The van der Waals surface area contributed by atoms with Crippen molar-refractivity contribution in [2.24, 2.45) is 0 Å². The van der Waals surface area contributed by atoms with E-state index in [1.807, 2.05) is 0 Å². The number of nitrogens with zero attached hydrogens (tertiary/aromatic N) is 2. The van der Waals surface area contributed by atoms with Crippen molar-refractivity contribution in [2.75, 3.05) is 20.3 Å². The Morgan fingerprint density at radius 3 is 2.94 bits per heavy atom. The summed E-state index contributed by atoms with van der Waals surface area (Å²) in [6.07, 6.45) is 0.648. The van der Waals surface area contributed by atoms with E-state index >= 15 is 0 Å². The first-order valence-corrected chi connectivity index (χ1v) is 4.91. The first kappa shape index (κ1) is 12.6. The Balaban J connectivity index is 2.10. The van der Waals surface area contributed by atoms with Crippen LogP contribution >= 0.6 is 0 Å². The van der Waals surface area contributed by atoms with Gasteiger partial charge in [-0.05, 0) is 6.92 Å². The zero-order valence-corrected chi connectivity index (χ0v) is 9.36. The van der Waals surface area contributed by atoms with Crippen LogP contribution in [0.15, 0.2) is 4.52 Å². The van der Waals surface area contributed by atoms with E-state index in [-0.39, 0.29) is 12.3 Å². The Morgan fingerprint density at radius 2 is 2.31 bits per heavy atom. The Kier molecular flexibility index (Phi) is 5.44. The number of rotatable bonds is 7. The lowest BCUT2D eigenvalue weighted by atomic mass is 10.3. The first-order chi connectivity index (χ1) is 7.72. The molecule has 0 radical (unpaired) electrons. The number of aryl methyl sites for hydroxylation is 2. The normalized spacial score (nSPS) is 10.4. The molecule has 0 bridgehead atoms. The van der Waals surface area contributed by atoms with Crippen LogP contribution < -0.4 is 5.48 Å². The molecule has 1 aromatic rings. The van der Waals surface area contributed by atoms with Crippen molar-refractivity contribution in [3.63, 3.8) is 0 Å². The van der Waals surface area contributed by atoms with Crippen LogP contribution in [0, 0.1) is 6.92 Å². The fourth-order valence-electron chi connectivity index (χ4n) is 0.970. The molecule has 0 saturated heterocycles. The van der Waals surface area contributed by atoms with Gasteiger partial charge in [0.15, 0.2) is 5.82 Å². The van der Waals surface area contributed by atoms with Crippen molar-refractivity contribution in [1.29, 1.82) is 0 Å². The maximum Gasteiger partial charge on any atom is 0.244 e. The molecule has 90 valence electrons. The number of carbonyl (C=O) groups is 1. The molecule has 1 rings (SSSR count). The number of methoxy groups -OCH3 is 1. The molecule has 1 amide bonds. The number of carbonyl (C=O) groups excluding carboxylic acids is 1. The standard InChI is InChI=1S/C9H15N3O4/c1-7-10-9(16-11-7)4-3-8(13)12-15-6-5-14-2/h3-6H2,1-2H3,(H,12,13). The predicted molar refractivity (Wildman–Crippen MR) is 53.3 cm³/mol. The van der Waals surface area contributed by atoms with Crippen LogP contribution in [0.2, 0.25) is 0 Å². The lowest BCUT2D eigenvalue weighted by Gasteiger charge is -2.03. The van der Waals surface area contributed by atoms with E-state index in [2.05, 4.69) is 15.6 Å². The van der Waals surface area contributed by atoms with E-state index < -0.39 is 0 Å². The summed E-state index contributed by atoms with van der Waals surface area (Å²) in [6.45, 7) is 2.48. The summed E-state index contributed by atoms with van der Waals surface area (Å²) in [7, 11) is 1.56. The highest BCUT2D eigenvalue weighted by Gasteiger charge is 2.06. The third-order valence-corrected chi connectivity index (χ3v) is 1.71. The molecular formula is C9H15N3O4. The summed E-state index contributed by atoms with van der Waals surface area (Å²) in [5, 5.41) is 3.62. The molecular weight excluding hydrogens is 214 g/mol. The van der Waals surface area contributed by atoms with Crippen LogP contribution in [0.1, 0.15) is 18.1 Å². The number of hydrogen-bond acceptors (Lipinski definition) is 6. The van der Waals surface area contributed by atoms with Gasteiger partial charge in [-0.15, -0.1) is 0 Å². The Bertz CT molecular complexity index is 326. The fourth-order valence-corrected chi connectivity index (χ4v) is 0.970. The fraction of sp³-hybridized carbons (Fsp3) is 0.667. The summed E-state index contributed by atoms with van der Waals surface area (Å²) in [5.74, 6) is 0.781. The van der Waals surface area contributed by atoms with Gasteiger partial charge in [0.1, 0.15) is 0 Å². The highest BCUT2D eigenvalue weighted by atomic mass is 16.7. The minimum absolute atomic E-state index is 0.230. The third-order valence-electron chi connectivity index (χ3n) is 1.71. The highest BCUT2D eigenvalue weighted by molar-refractivity contribution is 5.74. The molecule has 7 heteroatoms. The Morgan fingerprint density at radius 1 is 1.50 bits per heavy atom. The maximum absolute atomic E-state index is 11.2. The minimum atomic E-state index is -0.230. The number of nitrogens with one attached hydrogen (secondary N) is 1. The van der Waals surface area contributed by atoms with Gasteiger partial charge >= 0.3 is 0 Å². The molecule has 0 aromatic carbocycles. The van der Waals surface area contributed by atoms with E-state index in [4.69, 9.17) is 14.1 Å². The minimum Gasteiger partial charge on any atom is -0.382 e. The van der Waals surface area contributed by atoms with Gasteiger partial charge in [0, 0.05) is 20.0 Å². The lowest BCUT2D eigenvalue weighted by molar-refractivity contribution is -0.134. The average Bonchev–Trinajstić information content (AvgIpc) is 2.68. The second-order valence-electron chi connectivity index (χ2n) is 3.10. The van der Waals surface area contributed by atoms with Crippen LogP contribution in [-0.2, 0) is 20.8 Å². The molecule has 1 N–H and O–H groups in total. The second-order valence-corrected chi connectivity index (χ2v) is 3.10. The topological polar surface area (TPSA) is 86.5 Å². The number of aromatic nitrogens is 2. The van der Waals surface area contributed by atoms with Gasteiger partial charge in [-0.3, -0.25) is 9.63 Å². The number of ether oxygens (including phenoxy) is 1. The van der Waals surface area contributed by atoms with Crippen LogP contribution in [0.4, 0.5) is 0 Å². The van der Waals surface area contributed by atoms with Gasteiger partial charge < -0.3 is 9.26 Å². The van der Waals surface area contributed by atoms with E-state index in [0.717, 1.165) is 0 Å². The highest BCUT2D eigenvalue weighted by Crippen LogP contribution is 1.99. The Hall–Kier alpha value is -1.47. The Labute approximate surface area is 93.1 Å². The predicted octanol–water partition coefficient (Wildman–Crippen LogP) is 0.00482. The lowest BCUT2D eigenvalue weighted by Crippen LogP contribution is -2.25. The molecule has 0 spiro atoms. The van der Waals surface area contributed by atoms with Crippen molar-refractivity contribution in [3.05, 3.63) is 11.7 Å². The van der Waals surface area contributed by atoms with Crippen molar-refractivity contribution >= 4 is 5.91 Å². The molecule has 7 nitrogen and oxygen atoms in total. The summed E-state index contributed by atoms with van der Waals surface area (Å²) in [4.78, 5) is 20.0. The molecule has 1 aromatic heterocycles. The molecule has 0 aliphatic rings. The van der Waals surface area contributed by atoms with E-state index in [1.54, 1.807) is 14.0 Å². The van der Waals surface area contributed by atoms with E-state index in [0.29, 0.717) is 31.3 Å². The smallest absolute Gasteiger partial charge is 0.244 e. The van der Waals surface area contributed by atoms with Crippen LogP contribution in [0.25, 0.3) is 0 Å². The maximum atomic E-state index is 11.2. The third kappa shape index (κ3) is 4.85. The zero-order valence-electron chi connectivity index (χ0n) is 9.36. The summed E-state index contributed by atoms with van der Waals surface area (Å²) < 4.78 is 9.60. The first-order valence-electron chi connectivity index (χ1n) is 4.91. The van der Waals surface area contributed by atoms with Gasteiger partial charge in [-0.1, -0.05) is 5.16 Å². The van der Waals surface area contributed by atoms with Crippen molar-refractivity contribution in [1.82, 2.24) is 15.6 Å². The van der Waals surface area contributed by atoms with Crippen LogP contribution in [-0.4, -0.2) is 36.4 Å². The summed E-state index contributed by atoms with van der Waals surface area (Å²) in [5.41, 5.74) is 2.29. The number of hydrogen-bond donors (Lipinski definition) is 1. The molecule has 0 aliphatic carbocycles. The van der Waals surface area contributed by atoms with Crippen LogP contribution in [0.5, 0.6) is 0 Å². The molecule has 0 atom stereocenters.